The second-order valence-electron chi connectivity index (χ2n) is 10.3. The molecule has 0 aliphatic carbocycles. The van der Waals surface area contributed by atoms with Gasteiger partial charge in [-0.15, -0.1) is 0 Å². The molecule has 4 aromatic rings. The van der Waals surface area contributed by atoms with E-state index in [1.807, 2.05) is 0 Å². The lowest BCUT2D eigenvalue weighted by Gasteiger charge is -2.43. The lowest BCUT2D eigenvalue weighted by molar-refractivity contribution is -0.289. The number of hydrogen-bond donors (Lipinski definition) is 0. The summed E-state index contributed by atoms with van der Waals surface area (Å²) in [6.45, 7) is 0.577. The van der Waals surface area contributed by atoms with Gasteiger partial charge in [-0.2, -0.15) is 0 Å². The molecule has 1 saturated heterocycles. The summed E-state index contributed by atoms with van der Waals surface area (Å²) in [6, 6.07) is 32.0. The highest BCUT2D eigenvalue weighted by Crippen LogP contribution is 2.32. The van der Waals surface area contributed by atoms with Crippen LogP contribution in [0.4, 0.5) is 0 Å². The lowest BCUT2D eigenvalue weighted by Crippen LogP contribution is -2.63. The number of benzene rings is 4. The van der Waals surface area contributed by atoms with Crippen molar-refractivity contribution in [3.05, 3.63) is 144 Å². The number of carbonyl (C=O) groups is 5. The molecule has 5 rings (SSSR count). The fourth-order valence-electron chi connectivity index (χ4n) is 4.79. The molecule has 0 saturated carbocycles. The Morgan fingerprint density at radius 2 is 0.851 bits per heavy atom. The molecule has 0 spiro atoms. The van der Waals surface area contributed by atoms with Gasteiger partial charge >= 0.3 is 29.8 Å². The summed E-state index contributed by atoms with van der Waals surface area (Å²) in [5.41, 5.74) is 0.662. The van der Waals surface area contributed by atoms with E-state index in [1.54, 1.807) is 84.9 Å². The van der Waals surface area contributed by atoms with Crippen LogP contribution in [0.3, 0.4) is 0 Å². The molecule has 0 aromatic heterocycles. The van der Waals surface area contributed by atoms with Crippen molar-refractivity contribution in [1.29, 1.82) is 0 Å². The summed E-state index contributed by atoms with van der Waals surface area (Å²) in [7, 11) is 0. The molecule has 0 bridgehead atoms. The second-order valence-corrected chi connectivity index (χ2v) is 10.3. The van der Waals surface area contributed by atoms with Crippen LogP contribution in [0.15, 0.2) is 121 Å². The van der Waals surface area contributed by atoms with Crippen molar-refractivity contribution >= 4 is 29.8 Å². The molecule has 1 aliphatic rings. The van der Waals surface area contributed by atoms with Crippen molar-refractivity contribution in [2.45, 2.75) is 37.6 Å². The van der Waals surface area contributed by atoms with Crippen LogP contribution >= 0.6 is 0 Å². The Hall–Kier alpha value is -5.81. The monoisotopic (exact) mass is 638 g/mol. The molecule has 0 N–H and O–H groups in total. The number of carbonyl (C=O) groups excluding carboxylic acids is 5. The first-order valence-electron chi connectivity index (χ1n) is 14.6. The van der Waals surface area contributed by atoms with Crippen molar-refractivity contribution in [1.82, 2.24) is 0 Å². The lowest BCUT2D eigenvalue weighted by atomic mass is 9.97. The summed E-state index contributed by atoms with van der Waals surface area (Å²) >= 11 is 0. The van der Waals surface area contributed by atoms with Crippen LogP contribution in [0.1, 0.15) is 48.4 Å². The Kier molecular flexibility index (Phi) is 10.7. The summed E-state index contributed by atoms with van der Waals surface area (Å²) in [5, 5.41) is 0. The van der Waals surface area contributed by atoms with E-state index in [0.717, 1.165) is 6.92 Å². The average molecular weight is 639 g/mol. The van der Waals surface area contributed by atoms with Crippen LogP contribution < -0.4 is 0 Å². The Balaban J connectivity index is 1.54. The summed E-state index contributed by atoms with van der Waals surface area (Å²) in [5.74, 6) is -4.09. The molecule has 240 valence electrons. The van der Waals surface area contributed by atoms with E-state index >= 15 is 0 Å². The SMILES string of the molecule is CC(=O)OC1OC(COC(=O)c2ccccc2)C(OC(=O)c2ccccc2)C(OC(=O)c2ccccc2)C1OC(=O)c1ccccc1. The van der Waals surface area contributed by atoms with Gasteiger partial charge in [-0.25, -0.2) is 19.2 Å². The maximum absolute atomic E-state index is 13.5. The van der Waals surface area contributed by atoms with E-state index in [4.69, 9.17) is 28.4 Å². The minimum absolute atomic E-state index is 0.136. The predicted molar refractivity (Wildman–Crippen MR) is 164 cm³/mol. The molecule has 5 unspecified atom stereocenters. The zero-order chi connectivity index (χ0) is 33.2. The van der Waals surface area contributed by atoms with Gasteiger partial charge in [-0.05, 0) is 48.5 Å². The van der Waals surface area contributed by atoms with E-state index in [9.17, 15) is 24.0 Å². The molecule has 1 heterocycles. The van der Waals surface area contributed by atoms with E-state index in [1.165, 1.54) is 36.4 Å². The molecule has 11 heteroatoms. The van der Waals surface area contributed by atoms with Gasteiger partial charge in [0.15, 0.2) is 12.2 Å². The first-order chi connectivity index (χ1) is 22.8. The molecule has 1 aliphatic heterocycles. The highest BCUT2D eigenvalue weighted by atomic mass is 16.7. The maximum atomic E-state index is 13.5. The number of rotatable bonds is 10. The van der Waals surface area contributed by atoms with Gasteiger partial charge in [0, 0.05) is 6.92 Å². The van der Waals surface area contributed by atoms with Crippen LogP contribution in [0, 0.1) is 0 Å². The number of ether oxygens (including phenoxy) is 6. The zero-order valence-electron chi connectivity index (χ0n) is 25.1. The Bertz CT molecular complexity index is 1680. The molecule has 0 radical (unpaired) electrons. The fraction of sp³-hybridized carbons (Fsp3) is 0.194. The Morgan fingerprint density at radius 1 is 0.489 bits per heavy atom. The van der Waals surface area contributed by atoms with Gasteiger partial charge in [0.05, 0.1) is 22.3 Å². The van der Waals surface area contributed by atoms with E-state index in [0.29, 0.717) is 0 Å². The molecular formula is C36H30O11. The highest BCUT2D eigenvalue weighted by molar-refractivity contribution is 5.91. The topological polar surface area (TPSA) is 141 Å². The molecule has 0 amide bonds. The van der Waals surface area contributed by atoms with Gasteiger partial charge in [-0.3, -0.25) is 4.79 Å². The van der Waals surface area contributed by atoms with Gasteiger partial charge in [-0.1, -0.05) is 72.8 Å². The average Bonchev–Trinajstić information content (AvgIpc) is 3.10. The number of esters is 5. The van der Waals surface area contributed by atoms with Gasteiger partial charge in [0.1, 0.15) is 12.7 Å². The van der Waals surface area contributed by atoms with Crippen molar-refractivity contribution in [3.8, 4) is 0 Å². The molecular weight excluding hydrogens is 608 g/mol. The Labute approximate surface area is 269 Å². The zero-order valence-corrected chi connectivity index (χ0v) is 25.1. The van der Waals surface area contributed by atoms with Crippen LogP contribution in [-0.4, -0.2) is 67.2 Å². The van der Waals surface area contributed by atoms with Gasteiger partial charge < -0.3 is 28.4 Å². The third-order valence-electron chi connectivity index (χ3n) is 7.02. The quantitative estimate of drug-likeness (QED) is 0.175. The van der Waals surface area contributed by atoms with Gasteiger partial charge in [0.2, 0.25) is 12.4 Å². The fourth-order valence-corrected chi connectivity index (χ4v) is 4.79. The predicted octanol–water partition coefficient (Wildman–Crippen LogP) is 4.81. The third kappa shape index (κ3) is 8.47. The van der Waals surface area contributed by atoms with E-state index in [-0.39, 0.29) is 22.3 Å². The van der Waals surface area contributed by atoms with Crippen LogP contribution in [-0.2, 0) is 33.2 Å². The molecule has 5 atom stereocenters. The first kappa shape index (κ1) is 32.6. The minimum Gasteiger partial charge on any atom is -0.459 e. The summed E-state index contributed by atoms with van der Waals surface area (Å²) in [4.78, 5) is 65.3. The first-order valence-corrected chi connectivity index (χ1v) is 14.6. The van der Waals surface area contributed by atoms with Crippen molar-refractivity contribution in [2.24, 2.45) is 0 Å². The van der Waals surface area contributed by atoms with E-state index in [2.05, 4.69) is 0 Å². The minimum atomic E-state index is -1.67. The van der Waals surface area contributed by atoms with Crippen molar-refractivity contribution in [2.75, 3.05) is 6.61 Å². The van der Waals surface area contributed by atoms with Crippen LogP contribution in [0.2, 0.25) is 0 Å². The molecule has 47 heavy (non-hydrogen) atoms. The van der Waals surface area contributed by atoms with Crippen molar-refractivity contribution in [3.63, 3.8) is 0 Å². The van der Waals surface area contributed by atoms with Gasteiger partial charge in [0.25, 0.3) is 0 Å². The third-order valence-corrected chi connectivity index (χ3v) is 7.02. The summed E-state index contributed by atoms with van der Waals surface area (Å²) in [6.07, 6.45) is -7.80. The molecule has 11 nitrogen and oxygen atoms in total. The normalized spacial score (nSPS) is 20.2. The molecule has 1 fully saturated rings. The van der Waals surface area contributed by atoms with Crippen LogP contribution in [0.25, 0.3) is 0 Å². The standard InChI is InChI=1S/C36H30O11/c1-23(37)43-36-31(47-35(41)27-20-12-5-13-21-27)30(46-34(40)26-18-10-4-11-19-26)29(45-33(39)25-16-8-3-9-17-25)28(44-36)22-42-32(38)24-14-6-2-7-15-24/h2-21,28-31,36H,22H2,1H3. The largest absolute Gasteiger partial charge is 0.459 e. The smallest absolute Gasteiger partial charge is 0.338 e. The second kappa shape index (κ2) is 15.5. The molecule has 4 aromatic carbocycles. The van der Waals surface area contributed by atoms with Crippen molar-refractivity contribution < 1.29 is 52.4 Å². The Morgan fingerprint density at radius 3 is 1.26 bits per heavy atom. The number of hydrogen-bond acceptors (Lipinski definition) is 11. The van der Waals surface area contributed by atoms with E-state index < -0.39 is 67.2 Å². The van der Waals surface area contributed by atoms with Crippen LogP contribution in [0.5, 0.6) is 0 Å². The summed E-state index contributed by atoms with van der Waals surface area (Å²) < 4.78 is 34.5. The maximum Gasteiger partial charge on any atom is 0.338 e. The highest BCUT2D eigenvalue weighted by Gasteiger charge is 2.54.